The number of thiocarbonyl (C=S) groups is 1. The van der Waals surface area contributed by atoms with Crippen LogP contribution in [0.5, 0.6) is 0 Å². The first-order valence-electron chi connectivity index (χ1n) is 6.56. The molecule has 0 amide bonds. The van der Waals surface area contributed by atoms with Gasteiger partial charge in [-0.2, -0.15) is 0 Å². The SMILES string of the molecule is CN(C)C1(CNc2ccc(C(N)=S)c(F)c2F)CCC1. The summed E-state index contributed by atoms with van der Waals surface area (Å²) in [7, 11) is 4.02. The molecule has 1 saturated carbocycles. The summed E-state index contributed by atoms with van der Waals surface area (Å²) in [5, 5.41) is 3.00. The van der Waals surface area contributed by atoms with Crippen molar-refractivity contribution in [1.29, 1.82) is 0 Å². The first-order valence-corrected chi connectivity index (χ1v) is 6.97. The van der Waals surface area contributed by atoms with Crippen molar-refractivity contribution in [3.8, 4) is 0 Å². The molecule has 1 aliphatic rings. The van der Waals surface area contributed by atoms with Crippen molar-refractivity contribution in [3.05, 3.63) is 29.3 Å². The van der Waals surface area contributed by atoms with Gasteiger partial charge in [0.2, 0.25) is 0 Å². The van der Waals surface area contributed by atoms with Gasteiger partial charge in [-0.3, -0.25) is 0 Å². The van der Waals surface area contributed by atoms with Crippen molar-refractivity contribution in [2.45, 2.75) is 24.8 Å². The molecule has 1 aromatic carbocycles. The molecule has 0 heterocycles. The van der Waals surface area contributed by atoms with Gasteiger partial charge in [0.05, 0.1) is 5.69 Å². The van der Waals surface area contributed by atoms with E-state index in [0.29, 0.717) is 6.54 Å². The van der Waals surface area contributed by atoms with Gasteiger partial charge >= 0.3 is 0 Å². The molecule has 3 N–H and O–H groups in total. The zero-order valence-corrected chi connectivity index (χ0v) is 12.5. The van der Waals surface area contributed by atoms with E-state index in [9.17, 15) is 8.78 Å². The third kappa shape index (κ3) is 2.62. The molecule has 0 aromatic heterocycles. The molecule has 0 radical (unpaired) electrons. The van der Waals surface area contributed by atoms with Crippen molar-refractivity contribution in [2.75, 3.05) is 26.0 Å². The predicted octanol–water partition coefficient (Wildman–Crippen LogP) is 2.50. The van der Waals surface area contributed by atoms with Gasteiger partial charge in [-0.05, 0) is 45.5 Å². The molecular weight excluding hydrogens is 280 g/mol. The van der Waals surface area contributed by atoms with E-state index in [1.54, 1.807) is 0 Å². The number of halogens is 2. The molecule has 20 heavy (non-hydrogen) atoms. The molecule has 110 valence electrons. The summed E-state index contributed by atoms with van der Waals surface area (Å²) >= 11 is 4.68. The highest BCUT2D eigenvalue weighted by Gasteiger charge is 2.38. The first kappa shape index (κ1) is 15.1. The van der Waals surface area contributed by atoms with Gasteiger partial charge in [0.15, 0.2) is 11.6 Å². The molecule has 1 fully saturated rings. The molecule has 0 unspecified atom stereocenters. The van der Waals surface area contributed by atoms with E-state index in [1.165, 1.54) is 12.1 Å². The van der Waals surface area contributed by atoms with Crippen molar-refractivity contribution in [1.82, 2.24) is 4.90 Å². The monoisotopic (exact) mass is 299 g/mol. The van der Waals surface area contributed by atoms with Crippen LogP contribution in [0.2, 0.25) is 0 Å². The van der Waals surface area contributed by atoms with E-state index < -0.39 is 11.6 Å². The minimum absolute atomic E-state index is 0.0325. The topological polar surface area (TPSA) is 41.3 Å². The van der Waals surface area contributed by atoms with Gasteiger partial charge in [0.25, 0.3) is 0 Å². The number of likely N-dealkylation sites (N-methyl/N-ethyl adjacent to an activating group) is 1. The fourth-order valence-corrected chi connectivity index (χ4v) is 2.66. The smallest absolute Gasteiger partial charge is 0.182 e. The molecule has 1 aliphatic carbocycles. The fourth-order valence-electron chi connectivity index (χ4n) is 2.50. The van der Waals surface area contributed by atoms with Crippen LogP contribution < -0.4 is 11.1 Å². The van der Waals surface area contributed by atoms with Crippen LogP contribution in [-0.2, 0) is 0 Å². The van der Waals surface area contributed by atoms with E-state index in [4.69, 9.17) is 5.73 Å². The van der Waals surface area contributed by atoms with E-state index in [-0.39, 0.29) is 21.8 Å². The zero-order valence-electron chi connectivity index (χ0n) is 11.7. The second kappa shape index (κ2) is 5.61. The van der Waals surface area contributed by atoms with Gasteiger partial charge in [-0.25, -0.2) is 8.78 Å². The summed E-state index contributed by atoms with van der Waals surface area (Å²) < 4.78 is 27.7. The van der Waals surface area contributed by atoms with Crippen LogP contribution in [-0.4, -0.2) is 36.1 Å². The maximum atomic E-state index is 14.0. The summed E-state index contributed by atoms with van der Waals surface area (Å²) in [6, 6.07) is 2.89. The van der Waals surface area contributed by atoms with Gasteiger partial charge in [-0.15, -0.1) is 0 Å². The van der Waals surface area contributed by atoms with Crippen molar-refractivity contribution in [2.24, 2.45) is 5.73 Å². The Hall–Kier alpha value is -1.27. The Morgan fingerprint density at radius 1 is 1.35 bits per heavy atom. The van der Waals surface area contributed by atoms with Crippen molar-refractivity contribution >= 4 is 22.9 Å². The lowest BCUT2D eigenvalue weighted by Crippen LogP contribution is -2.54. The Morgan fingerprint density at radius 2 is 2.00 bits per heavy atom. The Balaban J connectivity index is 2.15. The number of hydrogen-bond acceptors (Lipinski definition) is 3. The normalized spacial score (nSPS) is 16.9. The van der Waals surface area contributed by atoms with Crippen LogP contribution in [0.3, 0.4) is 0 Å². The fraction of sp³-hybridized carbons (Fsp3) is 0.500. The molecular formula is C14H19F2N3S. The molecule has 6 heteroatoms. The second-order valence-corrected chi connectivity index (χ2v) is 5.92. The molecule has 0 atom stereocenters. The lowest BCUT2D eigenvalue weighted by molar-refractivity contribution is 0.0738. The third-order valence-electron chi connectivity index (χ3n) is 4.19. The third-order valence-corrected chi connectivity index (χ3v) is 4.41. The summed E-state index contributed by atoms with van der Waals surface area (Å²) in [6.45, 7) is 0.586. The summed E-state index contributed by atoms with van der Waals surface area (Å²) in [5.41, 5.74) is 5.46. The quantitative estimate of drug-likeness (QED) is 0.820. The summed E-state index contributed by atoms with van der Waals surface area (Å²) in [4.78, 5) is 2.00. The van der Waals surface area contributed by atoms with Gasteiger partial charge in [0.1, 0.15) is 4.99 Å². The summed E-state index contributed by atoms with van der Waals surface area (Å²) in [5.74, 6) is -1.92. The highest BCUT2D eigenvalue weighted by molar-refractivity contribution is 7.80. The maximum absolute atomic E-state index is 14.0. The molecule has 0 saturated heterocycles. The van der Waals surface area contributed by atoms with Gasteiger partial charge in [-0.1, -0.05) is 12.2 Å². The Morgan fingerprint density at radius 3 is 2.45 bits per heavy atom. The van der Waals surface area contributed by atoms with E-state index in [0.717, 1.165) is 19.3 Å². The lowest BCUT2D eigenvalue weighted by atomic mass is 9.75. The predicted molar refractivity (Wildman–Crippen MR) is 81.0 cm³/mol. The standard InChI is InChI=1S/C14H19F2N3S/c1-19(2)14(6-3-7-14)8-18-10-5-4-9(13(17)20)11(15)12(10)16/h4-5,18H,3,6-8H2,1-2H3,(H2,17,20). The van der Waals surface area contributed by atoms with Crippen LogP contribution >= 0.6 is 12.2 Å². The minimum atomic E-state index is -0.991. The van der Waals surface area contributed by atoms with E-state index in [1.807, 2.05) is 14.1 Å². The van der Waals surface area contributed by atoms with Gasteiger partial charge in [0, 0.05) is 17.6 Å². The number of nitrogens with one attached hydrogen (secondary N) is 1. The lowest BCUT2D eigenvalue weighted by Gasteiger charge is -2.47. The highest BCUT2D eigenvalue weighted by Crippen LogP contribution is 2.36. The van der Waals surface area contributed by atoms with Crippen LogP contribution in [0.1, 0.15) is 24.8 Å². The van der Waals surface area contributed by atoms with Crippen molar-refractivity contribution in [3.63, 3.8) is 0 Å². The molecule has 2 rings (SSSR count). The molecule has 0 bridgehead atoms. The Bertz CT molecular complexity index is 527. The van der Waals surface area contributed by atoms with Crippen LogP contribution in [0, 0.1) is 11.6 Å². The first-order chi connectivity index (χ1) is 9.37. The maximum Gasteiger partial charge on any atom is 0.182 e. The van der Waals surface area contributed by atoms with Crippen LogP contribution in [0.15, 0.2) is 12.1 Å². The highest BCUT2D eigenvalue weighted by atomic mass is 32.1. The molecule has 3 nitrogen and oxygen atoms in total. The molecule has 1 aromatic rings. The Labute approximate surface area is 123 Å². The van der Waals surface area contributed by atoms with Crippen molar-refractivity contribution < 1.29 is 8.78 Å². The zero-order chi connectivity index (χ0) is 14.9. The largest absolute Gasteiger partial charge is 0.389 e. The van der Waals surface area contributed by atoms with E-state index >= 15 is 0 Å². The number of benzene rings is 1. The minimum Gasteiger partial charge on any atom is -0.389 e. The number of rotatable bonds is 5. The second-order valence-electron chi connectivity index (χ2n) is 5.48. The molecule has 0 spiro atoms. The average Bonchev–Trinajstić information content (AvgIpc) is 2.32. The van der Waals surface area contributed by atoms with Gasteiger partial charge < -0.3 is 16.0 Å². The Kier molecular flexibility index (Phi) is 4.25. The van der Waals surface area contributed by atoms with Crippen LogP contribution in [0.4, 0.5) is 14.5 Å². The number of nitrogens with two attached hydrogens (primary N) is 1. The average molecular weight is 299 g/mol. The van der Waals surface area contributed by atoms with E-state index in [2.05, 4.69) is 22.4 Å². The number of hydrogen-bond donors (Lipinski definition) is 2. The number of anilines is 1. The number of nitrogens with zero attached hydrogens (tertiary/aromatic N) is 1. The van der Waals surface area contributed by atoms with Crippen LogP contribution in [0.25, 0.3) is 0 Å². The summed E-state index contributed by atoms with van der Waals surface area (Å²) in [6.07, 6.45) is 3.28. The molecule has 0 aliphatic heterocycles.